The molecule has 10 aromatic rings. The number of aliphatic carboxylic acids is 2. The minimum atomic E-state index is -1.20. The number of aromatic nitrogens is 3. The van der Waals surface area contributed by atoms with E-state index in [1.165, 1.54) is 19.2 Å². The number of ether oxygens (including phenoxy) is 2. The molecule has 0 fully saturated rings. The molecule has 10 rings (SSSR count). The number of nitrogens with one attached hydrogen (secondary N) is 2. The summed E-state index contributed by atoms with van der Waals surface area (Å²) in [7, 11) is 6.56. The number of pyridine rings is 3. The second kappa shape index (κ2) is 29.9. The van der Waals surface area contributed by atoms with Crippen molar-refractivity contribution in [3.63, 3.8) is 0 Å². The van der Waals surface area contributed by atoms with Gasteiger partial charge in [-0.15, -0.1) is 0 Å². The summed E-state index contributed by atoms with van der Waals surface area (Å²) in [5, 5.41) is 27.2. The lowest BCUT2D eigenvalue weighted by Gasteiger charge is -2.22. The standard InChI is InChI=1S/C26H20Cl2N2O4.C24H26N2O5.C20H20N2O3.CH4/c1-30-22-8-3-2-5-17(22)14-18(25(30)32)16-11-9-15(10-12-16)13-21(26(33)34)29-24(31)23-19(27)6-4-7-20(23)28;1-24(2,3)31-23(30)25-19(22(28)29)13-15-9-11-16(12-10-15)18-14-17-7-5-6-8-20(17)26(4)21(18)27;1-22-18-6-4-3-5-15(18)12-16(19(22)23)14-9-7-13(8-10-14)11-17(21)20(24)25-2;/h2-12,14,21H,13H2,1H3,(H,29,31)(H,33,34);5-12,14,19H,13H2,1-4H3,(H,25,30)(H,28,29);3-10,12,17H,11,21H2,1-2H3;1H4/t21-;19-;17-;/m000./s1. The lowest BCUT2D eigenvalue weighted by atomic mass is 10.00. The van der Waals surface area contributed by atoms with Crippen molar-refractivity contribution in [3.05, 3.63) is 245 Å². The van der Waals surface area contributed by atoms with Gasteiger partial charge in [0.15, 0.2) is 0 Å². The summed E-state index contributed by atoms with van der Waals surface area (Å²) in [6.45, 7) is 5.12. The van der Waals surface area contributed by atoms with Crippen LogP contribution in [0.4, 0.5) is 4.79 Å². The van der Waals surface area contributed by atoms with E-state index in [0.29, 0.717) is 39.8 Å². The maximum absolute atomic E-state index is 12.9. The molecule has 2 amide bonds. The van der Waals surface area contributed by atoms with E-state index in [9.17, 15) is 48.6 Å². The van der Waals surface area contributed by atoms with Crippen LogP contribution in [0.5, 0.6) is 0 Å². The van der Waals surface area contributed by atoms with Crippen LogP contribution < -0.4 is 33.0 Å². The monoisotopic (exact) mass is 1270 g/mol. The molecule has 0 aliphatic heterocycles. The van der Waals surface area contributed by atoms with Crippen molar-refractivity contribution in [3.8, 4) is 33.4 Å². The van der Waals surface area contributed by atoms with Crippen molar-refractivity contribution in [1.82, 2.24) is 24.3 Å². The molecule has 3 aromatic heterocycles. The van der Waals surface area contributed by atoms with Gasteiger partial charge in [-0.3, -0.25) is 24.0 Å². The molecule has 0 saturated heterocycles. The van der Waals surface area contributed by atoms with Crippen molar-refractivity contribution >= 4 is 85.8 Å². The van der Waals surface area contributed by atoms with Crippen LogP contribution in [0, 0.1) is 0 Å². The molecule has 7 aromatic carbocycles. The fourth-order valence-corrected chi connectivity index (χ4v) is 10.7. The summed E-state index contributed by atoms with van der Waals surface area (Å²) in [4.78, 5) is 97.7. The van der Waals surface area contributed by atoms with Gasteiger partial charge in [0.25, 0.3) is 22.6 Å². The lowest BCUT2D eigenvalue weighted by Crippen LogP contribution is -2.44. The summed E-state index contributed by atoms with van der Waals surface area (Å²) >= 11 is 12.1. The highest BCUT2D eigenvalue weighted by Crippen LogP contribution is 2.27. The Morgan fingerprint density at radius 2 is 0.835 bits per heavy atom. The summed E-state index contributed by atoms with van der Waals surface area (Å²) < 4.78 is 14.7. The highest BCUT2D eigenvalue weighted by atomic mass is 35.5. The number of fused-ring (bicyclic) bond motifs is 3. The first-order chi connectivity index (χ1) is 42.8. The molecule has 0 aliphatic rings. The molecular weight excluding hydrogens is 1200 g/mol. The van der Waals surface area contributed by atoms with Crippen LogP contribution in [0.3, 0.4) is 0 Å². The Bertz CT molecular complexity index is 4500. The number of halogens is 2. The molecule has 20 heteroatoms. The van der Waals surface area contributed by atoms with Crippen LogP contribution in [0.25, 0.3) is 66.1 Å². The van der Waals surface area contributed by atoms with Crippen LogP contribution in [-0.4, -0.2) is 84.7 Å². The third kappa shape index (κ3) is 16.8. The number of hydrogen-bond acceptors (Lipinski definition) is 11. The Morgan fingerprint density at radius 3 is 1.16 bits per heavy atom. The van der Waals surface area contributed by atoms with Gasteiger partial charge in [-0.05, 0) is 125 Å². The molecule has 18 nitrogen and oxygen atoms in total. The number of carbonyl (C=O) groups excluding carboxylic acids is 3. The number of hydrogen-bond donors (Lipinski definition) is 5. The van der Waals surface area contributed by atoms with Gasteiger partial charge in [-0.25, -0.2) is 14.4 Å². The number of rotatable bonds is 15. The number of methoxy groups -OCH3 is 1. The van der Waals surface area contributed by atoms with E-state index in [2.05, 4.69) is 15.4 Å². The van der Waals surface area contributed by atoms with Gasteiger partial charge in [0.05, 0.1) is 39.3 Å². The minimum absolute atomic E-state index is 0. The van der Waals surface area contributed by atoms with Gasteiger partial charge in [0.1, 0.15) is 23.7 Å². The molecule has 0 spiro atoms. The Kier molecular flexibility index (Phi) is 22.5. The van der Waals surface area contributed by atoms with E-state index in [1.807, 2.05) is 115 Å². The largest absolute Gasteiger partial charge is 0.480 e. The quantitative estimate of drug-likeness (QED) is 0.0599. The number of esters is 1. The molecule has 0 radical (unpaired) electrons. The third-order valence-corrected chi connectivity index (χ3v) is 15.4. The third-order valence-electron chi connectivity index (χ3n) is 14.8. The van der Waals surface area contributed by atoms with Crippen LogP contribution in [0.2, 0.25) is 10.0 Å². The Morgan fingerprint density at radius 1 is 0.505 bits per heavy atom. The number of carbonyl (C=O) groups is 5. The maximum atomic E-state index is 12.9. The molecule has 0 aliphatic carbocycles. The molecule has 470 valence electrons. The van der Waals surface area contributed by atoms with Gasteiger partial charge in [-0.2, -0.15) is 0 Å². The normalized spacial score (nSPS) is 12.0. The number of benzene rings is 7. The van der Waals surface area contributed by atoms with Crippen molar-refractivity contribution in [2.45, 2.75) is 71.2 Å². The molecule has 0 saturated carbocycles. The molecule has 0 bridgehead atoms. The number of carboxylic acid groups (broad SMARTS) is 2. The topological polar surface area (TPSA) is 260 Å². The predicted molar refractivity (Wildman–Crippen MR) is 358 cm³/mol. The van der Waals surface area contributed by atoms with E-state index < -0.39 is 53.6 Å². The number of nitrogens with zero attached hydrogens (tertiary/aromatic N) is 3. The van der Waals surface area contributed by atoms with Gasteiger partial charge in [0, 0.05) is 50.7 Å². The summed E-state index contributed by atoms with van der Waals surface area (Å²) in [6.07, 6.45) is -0.261. The highest BCUT2D eigenvalue weighted by Gasteiger charge is 2.26. The van der Waals surface area contributed by atoms with Crippen LogP contribution in [-0.2, 0) is 64.3 Å². The Balaban J connectivity index is 0.000000195. The van der Waals surface area contributed by atoms with Crippen molar-refractivity contribution < 1.29 is 43.7 Å². The zero-order valence-electron chi connectivity index (χ0n) is 50.3. The molecule has 3 heterocycles. The number of aryl methyl sites for hydroxylation is 3. The molecule has 3 atom stereocenters. The van der Waals surface area contributed by atoms with Gasteiger partial charge >= 0.3 is 24.0 Å². The minimum Gasteiger partial charge on any atom is -0.480 e. The first-order valence-electron chi connectivity index (χ1n) is 28.4. The SMILES string of the molecule is C.COC(=O)[C@@H](N)Cc1ccc(-c2cc3ccccc3n(C)c2=O)cc1.Cn1c(=O)c(-c2ccc(C[C@H](NC(=O)OC(C)(C)C)C(=O)O)cc2)cc2ccccc21.Cn1c(=O)c(-c2ccc(C[C@H](NC(=O)c3c(Cl)cccc3Cl)C(=O)O)cc2)cc2ccccc21. The Labute approximate surface area is 535 Å². The lowest BCUT2D eigenvalue weighted by molar-refractivity contribution is -0.142. The first-order valence-corrected chi connectivity index (χ1v) is 29.2. The highest BCUT2D eigenvalue weighted by molar-refractivity contribution is 6.39. The second-order valence-electron chi connectivity index (χ2n) is 22.3. The van der Waals surface area contributed by atoms with E-state index >= 15 is 0 Å². The number of alkyl carbamates (subject to hydrolysis) is 1. The van der Waals surface area contributed by atoms with Crippen molar-refractivity contribution in [2.75, 3.05) is 7.11 Å². The molecular formula is C71H70Cl2N6O12. The van der Waals surface area contributed by atoms with Crippen molar-refractivity contribution in [1.29, 1.82) is 0 Å². The van der Waals surface area contributed by atoms with E-state index in [4.69, 9.17) is 33.7 Å². The zero-order chi connectivity index (χ0) is 65.1. The predicted octanol–water partition coefficient (Wildman–Crippen LogP) is 11.5. The van der Waals surface area contributed by atoms with Crippen LogP contribution in [0.15, 0.2) is 196 Å². The fourth-order valence-electron chi connectivity index (χ4n) is 10.1. The summed E-state index contributed by atoms with van der Waals surface area (Å²) in [6, 6.07) is 51.9. The second-order valence-corrected chi connectivity index (χ2v) is 23.1. The van der Waals surface area contributed by atoms with Gasteiger partial charge < -0.3 is 49.8 Å². The maximum Gasteiger partial charge on any atom is 0.408 e. The Hall–Kier alpha value is -10.1. The van der Waals surface area contributed by atoms with Gasteiger partial charge in [0.2, 0.25) is 0 Å². The van der Waals surface area contributed by atoms with Gasteiger partial charge in [-0.1, -0.05) is 164 Å². The smallest absolute Gasteiger partial charge is 0.408 e. The zero-order valence-corrected chi connectivity index (χ0v) is 51.8. The number of carboxylic acids is 2. The number of nitrogens with two attached hydrogens (primary N) is 1. The summed E-state index contributed by atoms with van der Waals surface area (Å²) in [5.41, 5.74) is 13.8. The first kappa shape index (κ1) is 68.4. The van der Waals surface area contributed by atoms with Crippen molar-refractivity contribution in [2.24, 2.45) is 26.9 Å². The summed E-state index contributed by atoms with van der Waals surface area (Å²) in [5.74, 6) is -3.45. The fraction of sp³-hybridized carbons (Fsp3) is 0.211. The molecule has 6 N–H and O–H groups in total. The molecule has 0 unspecified atom stereocenters. The number of para-hydroxylation sites is 3. The van der Waals surface area contributed by atoms with E-state index in [0.717, 1.165) is 49.4 Å². The van der Waals surface area contributed by atoms with E-state index in [-0.39, 0.29) is 52.6 Å². The average Bonchev–Trinajstić information content (AvgIpc) is 0.996. The number of amides is 2. The molecule has 91 heavy (non-hydrogen) atoms. The van der Waals surface area contributed by atoms with Crippen LogP contribution >= 0.6 is 23.2 Å². The van der Waals surface area contributed by atoms with Crippen LogP contribution in [0.1, 0.15) is 55.2 Å². The average molecular weight is 1270 g/mol. The van der Waals surface area contributed by atoms with E-state index in [1.54, 1.807) is 110 Å².